The summed E-state index contributed by atoms with van der Waals surface area (Å²) in [5.41, 5.74) is 0.970. The largest absolute Gasteiger partial charge is 0.365 e. The van der Waals surface area contributed by atoms with Crippen LogP contribution in [0.5, 0.6) is 0 Å². The van der Waals surface area contributed by atoms with Gasteiger partial charge in [-0.15, -0.1) is 0 Å². The topological polar surface area (TPSA) is 66.9 Å². The SMILES string of the molecule is Cc1cc(NC2CCC(=O)NC2C2CC2)nc(C)n1. The van der Waals surface area contributed by atoms with Crippen molar-refractivity contribution in [2.75, 3.05) is 5.32 Å². The average Bonchev–Trinajstić information content (AvgIpc) is 3.14. The molecule has 1 saturated carbocycles. The van der Waals surface area contributed by atoms with E-state index in [1.54, 1.807) is 0 Å². The second-order valence-electron chi connectivity index (χ2n) is 5.66. The second-order valence-corrected chi connectivity index (χ2v) is 5.66. The van der Waals surface area contributed by atoms with Crippen molar-refractivity contribution >= 4 is 11.7 Å². The van der Waals surface area contributed by atoms with E-state index in [9.17, 15) is 4.79 Å². The molecule has 1 amide bonds. The molecular formula is C14H20N4O. The lowest BCUT2D eigenvalue weighted by Gasteiger charge is -2.33. The number of anilines is 1. The molecule has 1 aliphatic heterocycles. The molecular weight excluding hydrogens is 240 g/mol. The third-order valence-corrected chi connectivity index (χ3v) is 3.87. The van der Waals surface area contributed by atoms with E-state index < -0.39 is 0 Å². The van der Waals surface area contributed by atoms with Crippen molar-refractivity contribution in [3.8, 4) is 0 Å². The number of hydrogen-bond donors (Lipinski definition) is 2. The van der Waals surface area contributed by atoms with Gasteiger partial charge >= 0.3 is 0 Å². The average molecular weight is 260 g/mol. The zero-order chi connectivity index (χ0) is 13.4. The molecule has 3 rings (SSSR count). The molecule has 0 bridgehead atoms. The number of carbonyl (C=O) groups excluding carboxylic acids is 1. The van der Waals surface area contributed by atoms with Gasteiger partial charge in [0.2, 0.25) is 5.91 Å². The van der Waals surface area contributed by atoms with Gasteiger partial charge < -0.3 is 10.6 Å². The van der Waals surface area contributed by atoms with E-state index in [2.05, 4.69) is 20.6 Å². The Balaban J connectivity index is 1.75. The summed E-state index contributed by atoms with van der Waals surface area (Å²) in [7, 11) is 0. The Morgan fingerprint density at radius 3 is 2.74 bits per heavy atom. The lowest BCUT2D eigenvalue weighted by molar-refractivity contribution is -0.123. The summed E-state index contributed by atoms with van der Waals surface area (Å²) in [6.45, 7) is 3.88. The van der Waals surface area contributed by atoms with Crippen LogP contribution < -0.4 is 10.6 Å². The van der Waals surface area contributed by atoms with Crippen LogP contribution in [-0.4, -0.2) is 28.0 Å². The summed E-state index contributed by atoms with van der Waals surface area (Å²) in [4.78, 5) is 20.3. The first kappa shape index (κ1) is 12.4. The Bertz CT molecular complexity index is 478. The minimum Gasteiger partial charge on any atom is -0.365 e. The molecule has 0 aromatic carbocycles. The maximum absolute atomic E-state index is 11.5. The van der Waals surface area contributed by atoms with Gasteiger partial charge in [0, 0.05) is 24.2 Å². The third-order valence-electron chi connectivity index (χ3n) is 3.87. The quantitative estimate of drug-likeness (QED) is 0.865. The van der Waals surface area contributed by atoms with Crippen LogP contribution in [0.25, 0.3) is 0 Å². The number of aryl methyl sites for hydroxylation is 2. The molecule has 5 heteroatoms. The molecule has 0 spiro atoms. The summed E-state index contributed by atoms with van der Waals surface area (Å²) >= 11 is 0. The van der Waals surface area contributed by atoms with Gasteiger partial charge in [-0.3, -0.25) is 4.79 Å². The molecule has 2 atom stereocenters. The summed E-state index contributed by atoms with van der Waals surface area (Å²) in [6, 6.07) is 2.52. The van der Waals surface area contributed by atoms with Crippen LogP contribution in [0.3, 0.4) is 0 Å². The minimum absolute atomic E-state index is 0.185. The van der Waals surface area contributed by atoms with Crippen LogP contribution in [0, 0.1) is 19.8 Å². The molecule has 19 heavy (non-hydrogen) atoms. The first-order valence-corrected chi connectivity index (χ1v) is 7.00. The minimum atomic E-state index is 0.185. The lowest BCUT2D eigenvalue weighted by Crippen LogP contribution is -2.52. The zero-order valence-corrected chi connectivity index (χ0v) is 11.4. The van der Waals surface area contributed by atoms with Gasteiger partial charge in [0.05, 0.1) is 6.04 Å². The first-order chi connectivity index (χ1) is 9.11. The van der Waals surface area contributed by atoms with Gasteiger partial charge in [0.1, 0.15) is 11.6 Å². The number of piperidine rings is 1. The van der Waals surface area contributed by atoms with Gasteiger partial charge in [-0.1, -0.05) is 0 Å². The highest BCUT2D eigenvalue weighted by Crippen LogP contribution is 2.36. The number of nitrogens with zero attached hydrogens (tertiary/aromatic N) is 2. The van der Waals surface area contributed by atoms with Crippen molar-refractivity contribution in [2.45, 2.75) is 51.6 Å². The van der Waals surface area contributed by atoms with Crippen LogP contribution in [0.2, 0.25) is 0 Å². The Labute approximate surface area is 113 Å². The summed E-state index contributed by atoms with van der Waals surface area (Å²) in [6.07, 6.45) is 3.94. The highest BCUT2D eigenvalue weighted by molar-refractivity contribution is 5.77. The van der Waals surface area contributed by atoms with E-state index in [4.69, 9.17) is 0 Å². The maximum Gasteiger partial charge on any atom is 0.220 e. The smallest absolute Gasteiger partial charge is 0.220 e. The maximum atomic E-state index is 11.5. The van der Waals surface area contributed by atoms with Crippen molar-refractivity contribution < 1.29 is 4.79 Å². The number of aromatic nitrogens is 2. The summed E-state index contributed by atoms with van der Waals surface area (Å²) < 4.78 is 0. The summed E-state index contributed by atoms with van der Waals surface area (Å²) in [5, 5.41) is 6.62. The predicted octanol–water partition coefficient (Wildman–Crippen LogP) is 1.56. The molecule has 2 unspecified atom stereocenters. The molecule has 2 aliphatic rings. The Hall–Kier alpha value is -1.65. The highest BCUT2D eigenvalue weighted by Gasteiger charge is 2.40. The van der Waals surface area contributed by atoms with Gasteiger partial charge in [0.15, 0.2) is 0 Å². The van der Waals surface area contributed by atoms with E-state index in [1.165, 1.54) is 12.8 Å². The fourth-order valence-corrected chi connectivity index (χ4v) is 2.87. The monoisotopic (exact) mass is 260 g/mol. The van der Waals surface area contributed by atoms with Crippen LogP contribution >= 0.6 is 0 Å². The van der Waals surface area contributed by atoms with Crippen LogP contribution in [-0.2, 0) is 4.79 Å². The zero-order valence-electron chi connectivity index (χ0n) is 11.4. The second kappa shape index (κ2) is 4.79. The van der Waals surface area contributed by atoms with Crippen molar-refractivity contribution in [1.82, 2.24) is 15.3 Å². The van der Waals surface area contributed by atoms with E-state index in [0.717, 1.165) is 23.8 Å². The first-order valence-electron chi connectivity index (χ1n) is 7.00. The van der Waals surface area contributed by atoms with Gasteiger partial charge in [-0.2, -0.15) is 0 Å². The molecule has 2 fully saturated rings. The van der Waals surface area contributed by atoms with E-state index >= 15 is 0 Å². The molecule has 1 aromatic heterocycles. The fraction of sp³-hybridized carbons (Fsp3) is 0.643. The molecule has 0 radical (unpaired) electrons. The standard InChI is InChI=1S/C14H20N4O/c1-8-7-12(16-9(2)15-8)17-11-5-6-13(19)18-14(11)10-3-4-10/h7,10-11,14H,3-6H2,1-2H3,(H,18,19)(H,15,16,17). The number of hydrogen-bond acceptors (Lipinski definition) is 4. The molecule has 5 nitrogen and oxygen atoms in total. The molecule has 2 heterocycles. The Morgan fingerprint density at radius 2 is 2.05 bits per heavy atom. The molecule has 1 aliphatic carbocycles. The van der Waals surface area contributed by atoms with Gasteiger partial charge in [0.25, 0.3) is 0 Å². The van der Waals surface area contributed by atoms with Crippen molar-refractivity contribution in [3.05, 3.63) is 17.6 Å². The van der Waals surface area contributed by atoms with Crippen molar-refractivity contribution in [3.63, 3.8) is 0 Å². The number of nitrogens with one attached hydrogen (secondary N) is 2. The molecule has 2 N–H and O–H groups in total. The van der Waals surface area contributed by atoms with E-state index in [0.29, 0.717) is 18.4 Å². The molecule has 1 aromatic rings. The van der Waals surface area contributed by atoms with Crippen LogP contribution in [0.1, 0.15) is 37.2 Å². The van der Waals surface area contributed by atoms with Crippen molar-refractivity contribution in [1.29, 1.82) is 0 Å². The normalized spacial score (nSPS) is 26.9. The highest BCUT2D eigenvalue weighted by atomic mass is 16.1. The molecule has 102 valence electrons. The van der Waals surface area contributed by atoms with Crippen molar-refractivity contribution in [2.24, 2.45) is 5.92 Å². The fourth-order valence-electron chi connectivity index (χ4n) is 2.87. The number of carbonyl (C=O) groups is 1. The summed E-state index contributed by atoms with van der Waals surface area (Å²) in [5.74, 6) is 2.48. The van der Waals surface area contributed by atoms with Gasteiger partial charge in [-0.25, -0.2) is 9.97 Å². The number of rotatable bonds is 3. The van der Waals surface area contributed by atoms with Crippen LogP contribution in [0.15, 0.2) is 6.07 Å². The molecule has 1 saturated heterocycles. The van der Waals surface area contributed by atoms with E-state index in [-0.39, 0.29) is 11.9 Å². The lowest BCUT2D eigenvalue weighted by atomic mass is 9.94. The Morgan fingerprint density at radius 1 is 1.26 bits per heavy atom. The third kappa shape index (κ3) is 2.85. The Kier molecular flexibility index (Phi) is 3.12. The predicted molar refractivity (Wildman–Crippen MR) is 72.8 cm³/mol. The number of amides is 1. The van der Waals surface area contributed by atoms with Gasteiger partial charge in [-0.05, 0) is 39.0 Å². The van der Waals surface area contributed by atoms with E-state index in [1.807, 2.05) is 19.9 Å². The van der Waals surface area contributed by atoms with Crippen LogP contribution in [0.4, 0.5) is 5.82 Å².